The lowest BCUT2D eigenvalue weighted by molar-refractivity contribution is 0.0696. The number of carbonyl (C=O) groups excluding carboxylic acids is 1. The molecule has 0 amide bonds. The molecule has 0 spiro atoms. The molecule has 0 aromatic heterocycles. The molecule has 0 atom stereocenters. The van der Waals surface area contributed by atoms with Gasteiger partial charge in [-0.05, 0) is 42.0 Å². The van der Waals surface area contributed by atoms with Gasteiger partial charge in [-0.1, -0.05) is 12.1 Å². The zero-order valence-corrected chi connectivity index (χ0v) is 11.7. The Hall–Kier alpha value is -3.08. The zero-order valence-electron chi connectivity index (χ0n) is 11.7. The van der Waals surface area contributed by atoms with E-state index in [1.54, 1.807) is 30.3 Å². The molecular formula is C17H12O5. The summed E-state index contributed by atoms with van der Waals surface area (Å²) in [4.78, 5) is 23.3. The van der Waals surface area contributed by atoms with Crippen LogP contribution in [0.15, 0.2) is 48.2 Å². The molecule has 22 heavy (non-hydrogen) atoms. The van der Waals surface area contributed by atoms with Gasteiger partial charge in [0.05, 0.1) is 18.2 Å². The first-order valence-corrected chi connectivity index (χ1v) is 6.54. The Morgan fingerprint density at radius 3 is 2.77 bits per heavy atom. The molecule has 2 aromatic rings. The smallest absolute Gasteiger partial charge is 0.335 e. The SMILES string of the molecule is COc1ccc2c(c1)C(=O)/C(=C/c1cccc(C(=O)O)c1)O2. The molecule has 1 N–H and O–H groups in total. The van der Waals surface area contributed by atoms with E-state index in [0.717, 1.165) is 0 Å². The van der Waals surface area contributed by atoms with E-state index in [0.29, 0.717) is 22.6 Å². The van der Waals surface area contributed by atoms with E-state index in [9.17, 15) is 9.59 Å². The minimum atomic E-state index is -1.02. The minimum Gasteiger partial charge on any atom is -0.497 e. The second-order valence-electron chi connectivity index (χ2n) is 4.73. The summed E-state index contributed by atoms with van der Waals surface area (Å²) in [6.07, 6.45) is 1.53. The lowest BCUT2D eigenvalue weighted by atomic mass is 10.1. The highest BCUT2D eigenvalue weighted by Crippen LogP contribution is 2.34. The largest absolute Gasteiger partial charge is 0.497 e. The molecule has 0 radical (unpaired) electrons. The maximum atomic E-state index is 12.3. The topological polar surface area (TPSA) is 72.8 Å². The first-order valence-electron chi connectivity index (χ1n) is 6.54. The minimum absolute atomic E-state index is 0.152. The molecule has 0 saturated carbocycles. The van der Waals surface area contributed by atoms with E-state index in [-0.39, 0.29) is 17.1 Å². The number of carboxylic acid groups (broad SMARTS) is 1. The number of benzene rings is 2. The number of hydrogen-bond donors (Lipinski definition) is 1. The van der Waals surface area contributed by atoms with Gasteiger partial charge in [-0.2, -0.15) is 0 Å². The highest BCUT2D eigenvalue weighted by Gasteiger charge is 2.27. The fourth-order valence-electron chi connectivity index (χ4n) is 2.21. The summed E-state index contributed by atoms with van der Waals surface area (Å²) >= 11 is 0. The van der Waals surface area contributed by atoms with Crippen LogP contribution in [0.5, 0.6) is 11.5 Å². The molecule has 0 unspecified atom stereocenters. The number of fused-ring (bicyclic) bond motifs is 1. The van der Waals surface area contributed by atoms with Crippen molar-refractivity contribution in [2.24, 2.45) is 0 Å². The van der Waals surface area contributed by atoms with Gasteiger partial charge in [0.15, 0.2) is 5.76 Å². The van der Waals surface area contributed by atoms with E-state index in [2.05, 4.69) is 0 Å². The van der Waals surface area contributed by atoms with Crippen LogP contribution < -0.4 is 9.47 Å². The molecule has 5 nitrogen and oxygen atoms in total. The van der Waals surface area contributed by atoms with Gasteiger partial charge in [0.1, 0.15) is 11.5 Å². The number of ether oxygens (including phenoxy) is 2. The summed E-state index contributed by atoms with van der Waals surface area (Å²) < 4.78 is 10.6. The summed E-state index contributed by atoms with van der Waals surface area (Å²) in [5, 5.41) is 8.99. The van der Waals surface area contributed by atoms with Gasteiger partial charge in [0, 0.05) is 0 Å². The Kier molecular flexibility index (Phi) is 3.39. The number of Topliss-reactive ketones (excluding diaryl/α,β-unsaturated/α-hetero) is 1. The van der Waals surface area contributed by atoms with Crippen molar-refractivity contribution in [3.05, 3.63) is 64.9 Å². The van der Waals surface area contributed by atoms with Crippen LogP contribution in [0, 0.1) is 0 Å². The molecule has 1 heterocycles. The number of rotatable bonds is 3. The number of allylic oxidation sites excluding steroid dienone is 1. The second-order valence-corrected chi connectivity index (χ2v) is 4.73. The molecule has 0 bridgehead atoms. The Labute approximate surface area is 126 Å². The fraction of sp³-hybridized carbons (Fsp3) is 0.0588. The zero-order chi connectivity index (χ0) is 15.7. The number of carbonyl (C=O) groups is 2. The van der Waals surface area contributed by atoms with Gasteiger partial charge in [0.25, 0.3) is 0 Å². The van der Waals surface area contributed by atoms with Crippen molar-refractivity contribution in [2.45, 2.75) is 0 Å². The van der Waals surface area contributed by atoms with Crippen LogP contribution in [0.1, 0.15) is 26.3 Å². The predicted octanol–water partition coefficient (Wildman–Crippen LogP) is 3.01. The third-order valence-corrected chi connectivity index (χ3v) is 3.31. The highest BCUT2D eigenvalue weighted by molar-refractivity contribution is 6.14. The number of methoxy groups -OCH3 is 1. The van der Waals surface area contributed by atoms with E-state index in [1.807, 2.05) is 0 Å². The van der Waals surface area contributed by atoms with Crippen LogP contribution in [-0.2, 0) is 0 Å². The molecular weight excluding hydrogens is 284 g/mol. The Morgan fingerprint density at radius 1 is 1.23 bits per heavy atom. The fourth-order valence-corrected chi connectivity index (χ4v) is 2.21. The van der Waals surface area contributed by atoms with Crippen molar-refractivity contribution in [1.82, 2.24) is 0 Å². The lowest BCUT2D eigenvalue weighted by Crippen LogP contribution is -1.99. The van der Waals surface area contributed by atoms with Gasteiger partial charge in [-0.15, -0.1) is 0 Å². The average molecular weight is 296 g/mol. The monoisotopic (exact) mass is 296 g/mol. The molecule has 110 valence electrons. The third-order valence-electron chi connectivity index (χ3n) is 3.31. The van der Waals surface area contributed by atoms with Crippen LogP contribution in [0.4, 0.5) is 0 Å². The van der Waals surface area contributed by atoms with Crippen molar-refractivity contribution in [1.29, 1.82) is 0 Å². The van der Waals surface area contributed by atoms with E-state index in [1.165, 1.54) is 25.3 Å². The van der Waals surface area contributed by atoms with E-state index >= 15 is 0 Å². The van der Waals surface area contributed by atoms with Gasteiger partial charge in [-0.25, -0.2) is 4.79 Å². The second kappa shape index (κ2) is 5.37. The van der Waals surface area contributed by atoms with Crippen molar-refractivity contribution < 1.29 is 24.2 Å². The van der Waals surface area contributed by atoms with E-state index < -0.39 is 5.97 Å². The van der Waals surface area contributed by atoms with Crippen LogP contribution in [0.2, 0.25) is 0 Å². The average Bonchev–Trinajstić information content (AvgIpc) is 2.83. The maximum absolute atomic E-state index is 12.3. The number of hydrogen-bond acceptors (Lipinski definition) is 4. The summed E-state index contributed by atoms with van der Waals surface area (Å²) in [6, 6.07) is 11.3. The molecule has 5 heteroatoms. The highest BCUT2D eigenvalue weighted by atomic mass is 16.5. The molecule has 3 rings (SSSR count). The van der Waals surface area contributed by atoms with Gasteiger partial charge >= 0.3 is 5.97 Å². The first kappa shape index (κ1) is 13.9. The van der Waals surface area contributed by atoms with Crippen molar-refractivity contribution in [2.75, 3.05) is 7.11 Å². The normalized spacial score (nSPS) is 14.6. The molecule has 0 saturated heterocycles. The maximum Gasteiger partial charge on any atom is 0.335 e. The predicted molar refractivity (Wildman–Crippen MR) is 79.3 cm³/mol. The Bertz CT molecular complexity index is 804. The number of ketones is 1. The number of aromatic carboxylic acids is 1. The summed E-state index contributed by atoms with van der Waals surface area (Å²) in [5.74, 6) is -0.0800. The lowest BCUT2D eigenvalue weighted by Gasteiger charge is -2.01. The molecule has 1 aliphatic rings. The molecule has 1 aliphatic heterocycles. The standard InChI is InChI=1S/C17H12O5/c1-21-12-5-6-14-13(9-12)16(18)15(22-14)8-10-3-2-4-11(7-10)17(19)20/h2-9H,1H3,(H,19,20)/b15-8-. The van der Waals surface area contributed by atoms with Crippen LogP contribution >= 0.6 is 0 Å². The summed E-state index contributed by atoms with van der Waals surface area (Å²) in [7, 11) is 1.52. The Morgan fingerprint density at radius 2 is 2.05 bits per heavy atom. The van der Waals surface area contributed by atoms with Gasteiger partial charge in [0.2, 0.25) is 5.78 Å². The quantitative estimate of drug-likeness (QED) is 0.881. The van der Waals surface area contributed by atoms with Crippen molar-refractivity contribution >= 4 is 17.8 Å². The van der Waals surface area contributed by atoms with Crippen LogP contribution in [0.25, 0.3) is 6.08 Å². The number of carboxylic acids is 1. The van der Waals surface area contributed by atoms with Crippen molar-refractivity contribution in [3.63, 3.8) is 0 Å². The Balaban J connectivity index is 1.96. The van der Waals surface area contributed by atoms with Crippen LogP contribution in [0.3, 0.4) is 0 Å². The third kappa shape index (κ3) is 2.44. The van der Waals surface area contributed by atoms with Crippen LogP contribution in [-0.4, -0.2) is 24.0 Å². The van der Waals surface area contributed by atoms with Crippen molar-refractivity contribution in [3.8, 4) is 11.5 Å². The van der Waals surface area contributed by atoms with Gasteiger partial charge < -0.3 is 14.6 Å². The molecule has 2 aromatic carbocycles. The van der Waals surface area contributed by atoms with Gasteiger partial charge in [-0.3, -0.25) is 4.79 Å². The summed E-state index contributed by atoms with van der Waals surface area (Å²) in [6.45, 7) is 0. The summed E-state index contributed by atoms with van der Waals surface area (Å²) in [5.41, 5.74) is 1.17. The molecule has 0 fully saturated rings. The first-order chi connectivity index (χ1) is 10.6. The molecule has 0 aliphatic carbocycles. The van der Waals surface area contributed by atoms with E-state index in [4.69, 9.17) is 14.6 Å².